The molecule has 0 atom stereocenters. The molecule has 0 saturated carbocycles. The van der Waals surface area contributed by atoms with Crippen LogP contribution in [0, 0.1) is 6.92 Å². The van der Waals surface area contributed by atoms with Crippen molar-refractivity contribution in [3.63, 3.8) is 0 Å². The van der Waals surface area contributed by atoms with E-state index in [4.69, 9.17) is 0 Å². The molecule has 0 aromatic heterocycles. The van der Waals surface area contributed by atoms with Crippen molar-refractivity contribution >= 4 is 11.4 Å². The molecule has 1 nitrogen and oxygen atoms in total. The summed E-state index contributed by atoms with van der Waals surface area (Å²) in [6.07, 6.45) is -9.03. The predicted octanol–water partition coefficient (Wildman–Crippen LogP) is 5.80. The van der Waals surface area contributed by atoms with Crippen molar-refractivity contribution in [2.45, 2.75) is 19.3 Å². The third-order valence-corrected chi connectivity index (χ3v) is 3.46. The zero-order valence-corrected chi connectivity index (χ0v) is 12.3. The van der Waals surface area contributed by atoms with Crippen LogP contribution in [0.15, 0.2) is 42.5 Å². The highest BCUT2D eigenvalue weighted by Gasteiger charge is 2.32. The van der Waals surface area contributed by atoms with Gasteiger partial charge in [0.05, 0.1) is 11.1 Å². The Bertz CT molecular complexity index is 702. The molecule has 0 N–H and O–H groups in total. The first-order valence-electron chi connectivity index (χ1n) is 6.59. The molecule has 2 rings (SSSR count). The van der Waals surface area contributed by atoms with Gasteiger partial charge in [-0.15, -0.1) is 0 Å². The van der Waals surface area contributed by atoms with Crippen LogP contribution in [0.2, 0.25) is 0 Å². The molecule has 7 heteroatoms. The molecule has 0 bridgehead atoms. The summed E-state index contributed by atoms with van der Waals surface area (Å²) in [4.78, 5) is 1.31. The van der Waals surface area contributed by atoms with Gasteiger partial charge in [-0.25, -0.2) is 0 Å². The van der Waals surface area contributed by atoms with Gasteiger partial charge in [0.25, 0.3) is 0 Å². The standard InChI is InChI=1S/C16H13F6N/c1-10-6-7-12(16(20,21)22)9-14(10)23(2)13-5-3-4-11(8-13)15(17,18)19/h3-9H,1-2H3. The molecule has 0 aliphatic heterocycles. The lowest BCUT2D eigenvalue weighted by Gasteiger charge is -2.23. The number of nitrogens with zero attached hydrogens (tertiary/aromatic N) is 1. The summed E-state index contributed by atoms with van der Waals surface area (Å²) in [6, 6.07) is 7.61. The van der Waals surface area contributed by atoms with Crippen molar-refractivity contribution in [2.75, 3.05) is 11.9 Å². The van der Waals surface area contributed by atoms with Gasteiger partial charge in [-0.1, -0.05) is 12.1 Å². The van der Waals surface area contributed by atoms with Gasteiger partial charge < -0.3 is 4.90 Å². The summed E-state index contributed by atoms with van der Waals surface area (Å²) in [5.41, 5.74) is -0.831. The molecular formula is C16H13F6N. The number of halogens is 6. The average molecular weight is 333 g/mol. The van der Waals surface area contributed by atoms with Crippen molar-refractivity contribution in [3.8, 4) is 0 Å². The van der Waals surface area contributed by atoms with Crippen LogP contribution in [-0.2, 0) is 12.4 Å². The van der Waals surface area contributed by atoms with E-state index in [0.29, 0.717) is 5.56 Å². The lowest BCUT2D eigenvalue weighted by atomic mass is 10.1. The normalized spacial score (nSPS) is 12.3. The Balaban J connectivity index is 2.47. The quantitative estimate of drug-likeness (QED) is 0.628. The minimum absolute atomic E-state index is 0.155. The molecule has 0 radical (unpaired) electrons. The fraction of sp³-hybridized carbons (Fsp3) is 0.250. The maximum atomic E-state index is 12.8. The van der Waals surface area contributed by atoms with Crippen LogP contribution in [0.1, 0.15) is 16.7 Å². The minimum atomic E-state index is -4.52. The van der Waals surface area contributed by atoms with Crippen LogP contribution >= 0.6 is 0 Å². The van der Waals surface area contributed by atoms with E-state index in [2.05, 4.69) is 0 Å². The Morgan fingerprint density at radius 1 is 0.783 bits per heavy atom. The molecule has 0 unspecified atom stereocenters. The Hall–Kier alpha value is -2.18. The number of hydrogen-bond donors (Lipinski definition) is 0. The van der Waals surface area contributed by atoms with Crippen molar-refractivity contribution in [2.24, 2.45) is 0 Å². The lowest BCUT2D eigenvalue weighted by Crippen LogP contribution is -2.14. The molecule has 124 valence electrons. The first-order valence-corrected chi connectivity index (χ1v) is 6.59. The summed E-state index contributed by atoms with van der Waals surface area (Å²) in [6.45, 7) is 1.60. The summed E-state index contributed by atoms with van der Waals surface area (Å²) in [5, 5.41) is 0. The minimum Gasteiger partial charge on any atom is -0.344 e. The molecule has 0 aliphatic rings. The predicted molar refractivity (Wildman–Crippen MR) is 75.7 cm³/mol. The molecule has 0 fully saturated rings. The van der Waals surface area contributed by atoms with Crippen molar-refractivity contribution < 1.29 is 26.3 Å². The highest BCUT2D eigenvalue weighted by atomic mass is 19.4. The number of alkyl halides is 6. The monoisotopic (exact) mass is 333 g/mol. The van der Waals surface area contributed by atoms with E-state index < -0.39 is 23.5 Å². The van der Waals surface area contributed by atoms with Gasteiger partial charge in [-0.05, 0) is 42.8 Å². The van der Waals surface area contributed by atoms with Gasteiger partial charge in [0.1, 0.15) is 0 Å². The van der Waals surface area contributed by atoms with E-state index in [1.165, 1.54) is 30.1 Å². The molecular weight excluding hydrogens is 320 g/mol. The third-order valence-electron chi connectivity index (χ3n) is 3.46. The van der Waals surface area contributed by atoms with Gasteiger partial charge in [0.2, 0.25) is 0 Å². The second kappa shape index (κ2) is 5.79. The Morgan fingerprint density at radius 2 is 1.35 bits per heavy atom. The summed E-state index contributed by atoms with van der Waals surface area (Å²) in [7, 11) is 1.43. The number of aryl methyl sites for hydroxylation is 1. The molecule has 23 heavy (non-hydrogen) atoms. The molecule has 0 amide bonds. The Morgan fingerprint density at radius 3 is 1.91 bits per heavy atom. The smallest absolute Gasteiger partial charge is 0.344 e. The van der Waals surface area contributed by atoms with E-state index in [1.807, 2.05) is 0 Å². The zero-order valence-electron chi connectivity index (χ0n) is 12.3. The SMILES string of the molecule is Cc1ccc(C(F)(F)F)cc1N(C)c1cccc(C(F)(F)F)c1. The van der Waals surface area contributed by atoms with E-state index >= 15 is 0 Å². The topological polar surface area (TPSA) is 3.24 Å². The van der Waals surface area contributed by atoms with Crippen molar-refractivity contribution in [1.29, 1.82) is 0 Å². The third kappa shape index (κ3) is 3.78. The highest BCUT2D eigenvalue weighted by molar-refractivity contribution is 5.67. The summed E-state index contributed by atoms with van der Waals surface area (Å²) < 4.78 is 76.8. The van der Waals surface area contributed by atoms with Crippen molar-refractivity contribution in [3.05, 3.63) is 59.2 Å². The Kier molecular flexibility index (Phi) is 4.32. The van der Waals surface area contributed by atoms with E-state index in [-0.39, 0.29) is 11.4 Å². The molecule has 0 heterocycles. The molecule has 2 aromatic carbocycles. The van der Waals surface area contributed by atoms with Gasteiger partial charge in [-0.3, -0.25) is 0 Å². The average Bonchev–Trinajstić information content (AvgIpc) is 2.45. The Labute approximate surface area is 129 Å². The number of benzene rings is 2. The van der Waals surface area contributed by atoms with Crippen LogP contribution < -0.4 is 4.90 Å². The summed E-state index contributed by atoms with van der Waals surface area (Å²) in [5.74, 6) is 0. The second-order valence-corrected chi connectivity index (χ2v) is 5.11. The summed E-state index contributed by atoms with van der Waals surface area (Å²) >= 11 is 0. The van der Waals surface area contributed by atoms with Gasteiger partial charge >= 0.3 is 12.4 Å². The number of hydrogen-bond acceptors (Lipinski definition) is 1. The second-order valence-electron chi connectivity index (χ2n) is 5.11. The van der Waals surface area contributed by atoms with Gasteiger partial charge in [0, 0.05) is 18.4 Å². The van der Waals surface area contributed by atoms with E-state index in [0.717, 1.165) is 24.3 Å². The fourth-order valence-corrected chi connectivity index (χ4v) is 2.18. The van der Waals surface area contributed by atoms with E-state index in [1.54, 1.807) is 6.92 Å². The fourth-order valence-electron chi connectivity index (χ4n) is 2.18. The van der Waals surface area contributed by atoms with Crippen molar-refractivity contribution in [1.82, 2.24) is 0 Å². The molecule has 0 aliphatic carbocycles. The van der Waals surface area contributed by atoms with Gasteiger partial charge in [-0.2, -0.15) is 26.3 Å². The molecule has 2 aromatic rings. The van der Waals surface area contributed by atoms with Crippen LogP contribution in [0.4, 0.5) is 37.7 Å². The van der Waals surface area contributed by atoms with Crippen LogP contribution in [0.3, 0.4) is 0 Å². The molecule has 0 saturated heterocycles. The largest absolute Gasteiger partial charge is 0.416 e. The first kappa shape index (κ1) is 17.2. The first-order chi connectivity index (χ1) is 10.5. The lowest BCUT2D eigenvalue weighted by molar-refractivity contribution is -0.138. The maximum Gasteiger partial charge on any atom is 0.416 e. The maximum absolute atomic E-state index is 12.8. The number of anilines is 2. The highest BCUT2D eigenvalue weighted by Crippen LogP contribution is 2.37. The van der Waals surface area contributed by atoms with E-state index in [9.17, 15) is 26.3 Å². The molecule has 0 spiro atoms. The van der Waals surface area contributed by atoms with Crippen LogP contribution in [0.25, 0.3) is 0 Å². The zero-order chi connectivity index (χ0) is 17.4. The van der Waals surface area contributed by atoms with Crippen LogP contribution in [-0.4, -0.2) is 7.05 Å². The van der Waals surface area contributed by atoms with Gasteiger partial charge in [0.15, 0.2) is 0 Å². The number of rotatable bonds is 2. The van der Waals surface area contributed by atoms with Crippen LogP contribution in [0.5, 0.6) is 0 Å².